The Kier molecular flexibility index (Phi) is 5.23. The quantitative estimate of drug-likeness (QED) is 0.356. The number of thioether (sulfide) groups is 1. The van der Waals surface area contributed by atoms with E-state index in [1.807, 2.05) is 0 Å². The second-order valence-electron chi connectivity index (χ2n) is 5.53. The molecule has 3 rings (SSSR count). The lowest BCUT2D eigenvalue weighted by Gasteiger charge is -2.13. The molecule has 26 heavy (non-hydrogen) atoms. The summed E-state index contributed by atoms with van der Waals surface area (Å²) >= 11 is -0.156. The molecule has 0 aliphatic carbocycles. The Bertz CT molecular complexity index is 933. The van der Waals surface area contributed by atoms with Crippen LogP contribution < -0.4 is 4.74 Å². The first kappa shape index (κ1) is 18.3. The third-order valence-electron chi connectivity index (χ3n) is 3.72. The molecule has 0 bridgehead atoms. The van der Waals surface area contributed by atoms with Crippen LogP contribution in [0.15, 0.2) is 66.1 Å². The third kappa shape index (κ3) is 4.38. The Morgan fingerprint density at radius 3 is 2.38 bits per heavy atom. The fourth-order valence-electron chi connectivity index (χ4n) is 2.55. The molecule has 3 aromatic rings. The van der Waals surface area contributed by atoms with Crippen LogP contribution in [0.1, 0.15) is 11.1 Å². The standard InChI is InChI=1S/C20H14F4OS/c1-2-14-5-6-15-11-16(21)7-10-18(15)19(14)25-12-13-3-8-17(9-4-13)26-20(22,23)24/h2-11H,1,12H2. The lowest BCUT2D eigenvalue weighted by Crippen LogP contribution is -2.00. The van der Waals surface area contributed by atoms with Crippen molar-refractivity contribution >= 4 is 28.6 Å². The number of ether oxygens (including phenoxy) is 1. The predicted molar refractivity (Wildman–Crippen MR) is 96.7 cm³/mol. The predicted octanol–water partition coefficient (Wildman–Crippen LogP) is 6.81. The van der Waals surface area contributed by atoms with Crippen molar-refractivity contribution in [3.63, 3.8) is 0 Å². The average Bonchev–Trinajstić information content (AvgIpc) is 2.59. The van der Waals surface area contributed by atoms with E-state index in [2.05, 4.69) is 6.58 Å². The van der Waals surface area contributed by atoms with Gasteiger partial charge in [-0.3, -0.25) is 0 Å². The van der Waals surface area contributed by atoms with Crippen molar-refractivity contribution < 1.29 is 22.3 Å². The molecule has 0 amide bonds. The average molecular weight is 378 g/mol. The summed E-state index contributed by atoms with van der Waals surface area (Å²) in [5.74, 6) is 0.221. The summed E-state index contributed by atoms with van der Waals surface area (Å²) in [6, 6.07) is 14.0. The van der Waals surface area contributed by atoms with Crippen molar-refractivity contribution in [1.29, 1.82) is 0 Å². The molecule has 0 aliphatic heterocycles. The van der Waals surface area contributed by atoms with Gasteiger partial charge in [0, 0.05) is 15.8 Å². The van der Waals surface area contributed by atoms with E-state index < -0.39 is 5.51 Å². The lowest BCUT2D eigenvalue weighted by atomic mass is 10.0. The molecule has 1 nitrogen and oxygen atoms in total. The molecule has 0 spiro atoms. The number of hydrogen-bond donors (Lipinski definition) is 0. The van der Waals surface area contributed by atoms with Gasteiger partial charge in [-0.05, 0) is 53.0 Å². The van der Waals surface area contributed by atoms with Gasteiger partial charge in [0.25, 0.3) is 0 Å². The molecule has 0 saturated heterocycles. The fraction of sp³-hybridized carbons (Fsp3) is 0.100. The van der Waals surface area contributed by atoms with Gasteiger partial charge in [-0.15, -0.1) is 0 Å². The van der Waals surface area contributed by atoms with Crippen LogP contribution in [0.3, 0.4) is 0 Å². The van der Waals surface area contributed by atoms with Crippen LogP contribution in [0.5, 0.6) is 5.75 Å². The van der Waals surface area contributed by atoms with Crippen molar-refractivity contribution in [2.45, 2.75) is 17.0 Å². The van der Waals surface area contributed by atoms with E-state index in [-0.39, 0.29) is 29.1 Å². The van der Waals surface area contributed by atoms with Crippen molar-refractivity contribution in [2.75, 3.05) is 0 Å². The maximum atomic E-state index is 13.4. The van der Waals surface area contributed by atoms with E-state index in [4.69, 9.17) is 4.74 Å². The summed E-state index contributed by atoms with van der Waals surface area (Å²) in [7, 11) is 0. The van der Waals surface area contributed by atoms with E-state index in [0.29, 0.717) is 11.1 Å². The van der Waals surface area contributed by atoms with E-state index in [9.17, 15) is 17.6 Å². The second-order valence-corrected chi connectivity index (χ2v) is 6.67. The second kappa shape index (κ2) is 7.41. The summed E-state index contributed by atoms with van der Waals surface area (Å²) < 4.78 is 56.4. The zero-order valence-electron chi connectivity index (χ0n) is 13.5. The first-order valence-electron chi connectivity index (χ1n) is 7.68. The van der Waals surface area contributed by atoms with Crippen LogP contribution >= 0.6 is 11.8 Å². The van der Waals surface area contributed by atoms with Crippen molar-refractivity contribution in [1.82, 2.24) is 0 Å². The monoisotopic (exact) mass is 378 g/mol. The Balaban J connectivity index is 1.82. The van der Waals surface area contributed by atoms with Crippen LogP contribution in [0.25, 0.3) is 16.8 Å². The summed E-state index contributed by atoms with van der Waals surface area (Å²) in [6.45, 7) is 3.93. The normalized spacial score (nSPS) is 11.5. The smallest absolute Gasteiger partial charge is 0.446 e. The molecule has 0 radical (unpaired) electrons. The van der Waals surface area contributed by atoms with Gasteiger partial charge in [0.2, 0.25) is 0 Å². The minimum Gasteiger partial charge on any atom is -0.488 e. The van der Waals surface area contributed by atoms with Crippen LogP contribution in [0.4, 0.5) is 17.6 Å². The largest absolute Gasteiger partial charge is 0.488 e. The highest BCUT2D eigenvalue weighted by Crippen LogP contribution is 2.37. The maximum Gasteiger partial charge on any atom is 0.446 e. The number of fused-ring (bicyclic) bond motifs is 1. The molecule has 0 heterocycles. The SMILES string of the molecule is C=Cc1ccc2cc(F)ccc2c1OCc1ccc(SC(F)(F)F)cc1. The number of hydrogen-bond acceptors (Lipinski definition) is 2. The van der Waals surface area contributed by atoms with Gasteiger partial charge in [0.15, 0.2) is 0 Å². The van der Waals surface area contributed by atoms with E-state index >= 15 is 0 Å². The number of halogens is 4. The van der Waals surface area contributed by atoms with Gasteiger partial charge in [-0.2, -0.15) is 13.2 Å². The van der Waals surface area contributed by atoms with E-state index in [0.717, 1.165) is 16.5 Å². The highest BCUT2D eigenvalue weighted by Gasteiger charge is 2.28. The minimum absolute atomic E-state index is 0.119. The molecule has 0 saturated carbocycles. The summed E-state index contributed by atoms with van der Waals surface area (Å²) in [4.78, 5) is 0.119. The molecule has 134 valence electrons. The zero-order chi connectivity index (χ0) is 18.7. The fourth-order valence-corrected chi connectivity index (χ4v) is 3.09. The van der Waals surface area contributed by atoms with Gasteiger partial charge in [-0.1, -0.05) is 36.9 Å². The topological polar surface area (TPSA) is 9.23 Å². The maximum absolute atomic E-state index is 13.4. The van der Waals surface area contributed by atoms with Crippen LogP contribution in [0.2, 0.25) is 0 Å². The van der Waals surface area contributed by atoms with Crippen LogP contribution in [-0.4, -0.2) is 5.51 Å². The third-order valence-corrected chi connectivity index (χ3v) is 4.46. The van der Waals surface area contributed by atoms with E-state index in [1.54, 1.807) is 36.4 Å². The molecular formula is C20H14F4OS. The summed E-state index contributed by atoms with van der Waals surface area (Å²) in [5, 5.41) is 1.44. The molecule has 0 N–H and O–H groups in total. The van der Waals surface area contributed by atoms with Gasteiger partial charge < -0.3 is 4.74 Å². The van der Waals surface area contributed by atoms with Crippen LogP contribution in [-0.2, 0) is 6.61 Å². The van der Waals surface area contributed by atoms with Gasteiger partial charge in [-0.25, -0.2) is 4.39 Å². The zero-order valence-corrected chi connectivity index (χ0v) is 14.3. The Morgan fingerprint density at radius 1 is 1.00 bits per heavy atom. The molecule has 3 aromatic carbocycles. The van der Waals surface area contributed by atoms with Crippen molar-refractivity contribution in [3.05, 3.63) is 78.1 Å². The van der Waals surface area contributed by atoms with E-state index in [1.165, 1.54) is 24.3 Å². The number of alkyl halides is 3. The van der Waals surface area contributed by atoms with Gasteiger partial charge in [0.1, 0.15) is 18.2 Å². The molecule has 0 fully saturated rings. The van der Waals surface area contributed by atoms with Gasteiger partial charge >= 0.3 is 5.51 Å². The molecular weight excluding hydrogens is 364 g/mol. The molecule has 0 unspecified atom stereocenters. The summed E-state index contributed by atoms with van der Waals surface area (Å²) in [6.07, 6.45) is 1.64. The van der Waals surface area contributed by atoms with Gasteiger partial charge in [0.05, 0.1) is 0 Å². The lowest BCUT2D eigenvalue weighted by molar-refractivity contribution is -0.0328. The Hall–Kier alpha value is -2.47. The number of rotatable bonds is 5. The molecule has 6 heteroatoms. The Labute approximate surface area is 152 Å². The molecule has 0 aromatic heterocycles. The Morgan fingerprint density at radius 2 is 1.73 bits per heavy atom. The first-order valence-corrected chi connectivity index (χ1v) is 8.49. The molecule has 0 aliphatic rings. The molecule has 0 atom stereocenters. The first-order chi connectivity index (χ1) is 12.4. The summed E-state index contributed by atoms with van der Waals surface area (Å²) in [5.41, 5.74) is -2.83. The van der Waals surface area contributed by atoms with Crippen molar-refractivity contribution in [2.24, 2.45) is 0 Å². The highest BCUT2D eigenvalue weighted by atomic mass is 32.2. The highest BCUT2D eigenvalue weighted by molar-refractivity contribution is 8.00. The van der Waals surface area contributed by atoms with Crippen LogP contribution in [0, 0.1) is 5.82 Å². The number of benzene rings is 3. The minimum atomic E-state index is -4.31. The van der Waals surface area contributed by atoms with Crippen molar-refractivity contribution in [3.8, 4) is 5.75 Å².